The second-order valence-corrected chi connectivity index (χ2v) is 8.85. The first-order valence-electron chi connectivity index (χ1n) is 12.3. The van der Waals surface area contributed by atoms with Gasteiger partial charge in [0, 0.05) is 43.6 Å². The van der Waals surface area contributed by atoms with Gasteiger partial charge in [0.1, 0.15) is 11.4 Å². The number of piperazine rings is 1. The lowest BCUT2D eigenvalue weighted by Gasteiger charge is -2.34. The van der Waals surface area contributed by atoms with Gasteiger partial charge in [-0.3, -0.25) is 14.5 Å². The number of carbonyl (C=O) groups excluding carboxylic acids is 2. The van der Waals surface area contributed by atoms with Gasteiger partial charge in [-0.1, -0.05) is 48.5 Å². The lowest BCUT2D eigenvalue weighted by atomic mass is 10.1. The van der Waals surface area contributed by atoms with Gasteiger partial charge in [0.15, 0.2) is 0 Å². The van der Waals surface area contributed by atoms with E-state index in [2.05, 4.69) is 10.2 Å². The molecule has 0 radical (unpaired) electrons. The van der Waals surface area contributed by atoms with Gasteiger partial charge < -0.3 is 15.0 Å². The zero-order valence-corrected chi connectivity index (χ0v) is 20.7. The van der Waals surface area contributed by atoms with Gasteiger partial charge in [0.05, 0.1) is 24.9 Å². The van der Waals surface area contributed by atoms with Crippen molar-refractivity contribution in [2.45, 2.75) is 0 Å². The maximum Gasteiger partial charge on any atom is 0.257 e. The van der Waals surface area contributed by atoms with E-state index in [-0.39, 0.29) is 18.4 Å². The second kappa shape index (κ2) is 11.1. The molecule has 0 unspecified atom stereocenters. The van der Waals surface area contributed by atoms with Crippen LogP contribution in [0.1, 0.15) is 10.4 Å². The Hall–Kier alpha value is -4.43. The van der Waals surface area contributed by atoms with E-state index in [1.54, 1.807) is 18.0 Å². The molecule has 2 amide bonds. The Balaban J connectivity index is 1.32. The molecule has 8 nitrogen and oxygen atoms in total. The average Bonchev–Trinajstić information content (AvgIpc) is 3.39. The molecule has 1 N–H and O–H groups in total. The number of anilines is 1. The summed E-state index contributed by atoms with van der Waals surface area (Å²) in [4.78, 5) is 30.1. The molecule has 5 rings (SSSR count). The first-order valence-corrected chi connectivity index (χ1v) is 12.3. The van der Waals surface area contributed by atoms with Gasteiger partial charge in [-0.25, -0.2) is 4.68 Å². The molecule has 0 atom stereocenters. The van der Waals surface area contributed by atoms with Gasteiger partial charge in [-0.05, 0) is 36.4 Å². The fourth-order valence-electron chi connectivity index (χ4n) is 4.49. The molecule has 1 aliphatic rings. The van der Waals surface area contributed by atoms with E-state index in [1.807, 2.05) is 89.8 Å². The minimum absolute atomic E-state index is 0.0615. The number of para-hydroxylation sites is 3. The van der Waals surface area contributed by atoms with E-state index < -0.39 is 0 Å². The summed E-state index contributed by atoms with van der Waals surface area (Å²) in [5, 5.41) is 7.72. The van der Waals surface area contributed by atoms with Gasteiger partial charge in [0.25, 0.3) is 5.91 Å². The first-order chi connectivity index (χ1) is 18.1. The van der Waals surface area contributed by atoms with Crippen LogP contribution < -0.4 is 10.1 Å². The van der Waals surface area contributed by atoms with E-state index in [0.717, 1.165) is 16.9 Å². The molecule has 0 aliphatic carbocycles. The molecule has 37 heavy (non-hydrogen) atoms. The summed E-state index contributed by atoms with van der Waals surface area (Å²) in [6.45, 7) is 2.57. The molecule has 0 bridgehead atoms. The lowest BCUT2D eigenvalue weighted by molar-refractivity contribution is -0.117. The highest BCUT2D eigenvalue weighted by atomic mass is 16.5. The average molecular weight is 496 g/mol. The number of carbonyl (C=O) groups is 2. The Kier molecular flexibility index (Phi) is 7.28. The number of rotatable bonds is 7. The van der Waals surface area contributed by atoms with Crippen LogP contribution in [-0.2, 0) is 4.79 Å². The summed E-state index contributed by atoms with van der Waals surface area (Å²) in [5.74, 6) is 0.508. The number of nitrogens with one attached hydrogen (secondary N) is 1. The molecule has 1 aromatic heterocycles. The summed E-state index contributed by atoms with van der Waals surface area (Å²) in [6, 6.07) is 26.7. The van der Waals surface area contributed by atoms with Crippen molar-refractivity contribution in [2.75, 3.05) is 45.2 Å². The molecule has 1 fully saturated rings. The highest BCUT2D eigenvalue weighted by Gasteiger charge is 2.28. The van der Waals surface area contributed by atoms with Crippen LogP contribution in [0.5, 0.6) is 5.75 Å². The van der Waals surface area contributed by atoms with Crippen LogP contribution in [0.3, 0.4) is 0 Å². The highest BCUT2D eigenvalue weighted by Crippen LogP contribution is 2.32. The van der Waals surface area contributed by atoms with Crippen LogP contribution in [0.2, 0.25) is 0 Å². The molecule has 3 aromatic carbocycles. The number of nitrogens with zero attached hydrogens (tertiary/aromatic N) is 4. The molecule has 1 saturated heterocycles. The van der Waals surface area contributed by atoms with E-state index >= 15 is 0 Å². The topological polar surface area (TPSA) is 79.7 Å². The molecular weight excluding hydrogens is 466 g/mol. The SMILES string of the molecule is COc1ccccc1-c1nn(-c2ccccc2)cc1C(=O)N1CCN(CC(=O)Nc2ccccc2)CC1. The largest absolute Gasteiger partial charge is 0.496 e. The van der Waals surface area contributed by atoms with Crippen molar-refractivity contribution in [3.8, 4) is 22.7 Å². The minimum Gasteiger partial charge on any atom is -0.496 e. The van der Waals surface area contributed by atoms with Gasteiger partial charge >= 0.3 is 0 Å². The fraction of sp³-hybridized carbons (Fsp3) is 0.207. The third-order valence-electron chi connectivity index (χ3n) is 6.41. The van der Waals surface area contributed by atoms with Crippen LogP contribution in [0, 0.1) is 0 Å². The van der Waals surface area contributed by atoms with Crippen molar-refractivity contribution in [3.63, 3.8) is 0 Å². The number of amides is 2. The van der Waals surface area contributed by atoms with Gasteiger partial charge in [-0.2, -0.15) is 5.10 Å². The lowest BCUT2D eigenvalue weighted by Crippen LogP contribution is -2.50. The normalized spacial score (nSPS) is 13.8. The molecule has 8 heteroatoms. The molecular formula is C29H29N5O3. The minimum atomic E-state index is -0.0866. The maximum absolute atomic E-state index is 13.7. The zero-order valence-electron chi connectivity index (χ0n) is 20.7. The Morgan fingerprint density at radius 1 is 0.865 bits per heavy atom. The first kappa shape index (κ1) is 24.3. The van der Waals surface area contributed by atoms with Crippen molar-refractivity contribution in [2.24, 2.45) is 0 Å². The zero-order chi connectivity index (χ0) is 25.6. The monoisotopic (exact) mass is 495 g/mol. The number of benzene rings is 3. The van der Waals surface area contributed by atoms with Crippen LogP contribution in [-0.4, -0.2) is 71.2 Å². The third-order valence-corrected chi connectivity index (χ3v) is 6.41. The van der Waals surface area contributed by atoms with Crippen LogP contribution >= 0.6 is 0 Å². The molecule has 4 aromatic rings. The summed E-state index contributed by atoms with van der Waals surface area (Å²) in [7, 11) is 1.61. The summed E-state index contributed by atoms with van der Waals surface area (Å²) in [5.41, 5.74) is 3.51. The second-order valence-electron chi connectivity index (χ2n) is 8.85. The Labute approximate surface area is 216 Å². The van der Waals surface area contributed by atoms with Crippen molar-refractivity contribution in [1.29, 1.82) is 0 Å². The number of aromatic nitrogens is 2. The Morgan fingerprint density at radius 3 is 2.22 bits per heavy atom. The highest BCUT2D eigenvalue weighted by molar-refractivity contribution is 6.00. The van der Waals surface area contributed by atoms with Gasteiger partial charge in [-0.15, -0.1) is 0 Å². The summed E-state index contributed by atoms with van der Waals surface area (Å²) >= 11 is 0. The van der Waals surface area contributed by atoms with Crippen molar-refractivity contribution in [1.82, 2.24) is 19.6 Å². The van der Waals surface area contributed by atoms with E-state index in [4.69, 9.17) is 9.84 Å². The number of hydrogen-bond acceptors (Lipinski definition) is 5. The molecule has 1 aliphatic heterocycles. The smallest absolute Gasteiger partial charge is 0.257 e. The van der Waals surface area contributed by atoms with Crippen LogP contribution in [0.4, 0.5) is 5.69 Å². The Morgan fingerprint density at radius 2 is 1.51 bits per heavy atom. The summed E-state index contributed by atoms with van der Waals surface area (Å²) < 4.78 is 7.31. The van der Waals surface area contributed by atoms with Crippen molar-refractivity contribution >= 4 is 17.5 Å². The number of hydrogen-bond donors (Lipinski definition) is 1. The maximum atomic E-state index is 13.7. The molecule has 0 saturated carbocycles. The molecule has 0 spiro atoms. The van der Waals surface area contributed by atoms with Gasteiger partial charge in [0.2, 0.25) is 5.91 Å². The predicted octanol–water partition coefficient (Wildman–Crippen LogP) is 3.94. The number of ether oxygens (including phenoxy) is 1. The summed E-state index contributed by atoms with van der Waals surface area (Å²) in [6.07, 6.45) is 1.79. The van der Waals surface area contributed by atoms with E-state index in [1.165, 1.54) is 0 Å². The quantitative estimate of drug-likeness (QED) is 0.420. The molecule has 2 heterocycles. The van der Waals surface area contributed by atoms with Crippen LogP contribution in [0.15, 0.2) is 91.1 Å². The molecule has 188 valence electrons. The van der Waals surface area contributed by atoms with Crippen molar-refractivity contribution < 1.29 is 14.3 Å². The fourth-order valence-corrected chi connectivity index (χ4v) is 4.49. The Bertz CT molecular complexity index is 1360. The standard InChI is InChI=1S/C29H29N5O3/c1-37-26-15-9-8-14-24(26)28-25(20-34(31-28)23-12-6-3-7-13-23)29(36)33-18-16-32(17-19-33)21-27(35)30-22-10-4-2-5-11-22/h2-15,20H,16-19,21H2,1H3,(H,30,35). The van der Waals surface area contributed by atoms with Crippen LogP contribution in [0.25, 0.3) is 16.9 Å². The third kappa shape index (κ3) is 5.54. The predicted molar refractivity (Wildman–Crippen MR) is 143 cm³/mol. The van der Waals surface area contributed by atoms with Crippen molar-refractivity contribution in [3.05, 3.63) is 96.7 Å². The van der Waals surface area contributed by atoms with E-state index in [9.17, 15) is 9.59 Å². The van der Waals surface area contributed by atoms with E-state index in [0.29, 0.717) is 43.2 Å². The number of methoxy groups -OCH3 is 1.